The van der Waals surface area contributed by atoms with Crippen molar-refractivity contribution in [2.75, 3.05) is 0 Å². The van der Waals surface area contributed by atoms with Crippen molar-refractivity contribution in [1.82, 2.24) is 4.98 Å². The van der Waals surface area contributed by atoms with E-state index in [0.717, 1.165) is 41.8 Å². The first-order chi connectivity index (χ1) is 12.8. The molecule has 3 aromatic rings. The molecular formula is C23H23NO2. The Morgan fingerprint density at radius 3 is 2.35 bits per heavy atom. The van der Waals surface area contributed by atoms with Crippen molar-refractivity contribution in [3.63, 3.8) is 0 Å². The largest absolute Gasteiger partial charge is 0.440 e. The molecule has 3 heteroatoms. The second-order valence-electron chi connectivity index (χ2n) is 6.98. The van der Waals surface area contributed by atoms with Gasteiger partial charge in [-0.1, -0.05) is 74.0 Å². The van der Waals surface area contributed by atoms with Gasteiger partial charge in [-0.3, -0.25) is 4.79 Å². The van der Waals surface area contributed by atoms with E-state index >= 15 is 0 Å². The smallest absolute Gasteiger partial charge is 0.199 e. The number of carbonyl (C=O) groups is 1. The molecule has 2 aromatic carbocycles. The highest BCUT2D eigenvalue weighted by molar-refractivity contribution is 5.85. The molecule has 1 aromatic heterocycles. The molecule has 0 bridgehead atoms. The van der Waals surface area contributed by atoms with E-state index < -0.39 is 0 Å². The van der Waals surface area contributed by atoms with E-state index in [1.807, 2.05) is 60.7 Å². The number of nitrogens with zero attached hydrogens (tertiary/aromatic N) is 1. The molecule has 0 N–H and O–H groups in total. The molecular weight excluding hydrogens is 322 g/mol. The third-order valence-electron chi connectivity index (χ3n) is 5.02. The molecule has 1 aliphatic carbocycles. The minimum Gasteiger partial charge on any atom is -0.440 e. The summed E-state index contributed by atoms with van der Waals surface area (Å²) in [5.41, 5.74) is 2.91. The van der Waals surface area contributed by atoms with Crippen LogP contribution in [0.3, 0.4) is 0 Å². The van der Waals surface area contributed by atoms with Crippen molar-refractivity contribution >= 4 is 5.78 Å². The predicted octanol–water partition coefficient (Wildman–Crippen LogP) is 5.87. The van der Waals surface area contributed by atoms with Gasteiger partial charge in [-0.05, 0) is 12.8 Å². The summed E-state index contributed by atoms with van der Waals surface area (Å²) < 4.78 is 6.20. The van der Waals surface area contributed by atoms with E-state index in [9.17, 15) is 4.79 Å². The fourth-order valence-electron chi connectivity index (χ4n) is 3.43. The number of Topliss-reactive ketones (excluding diaryl/α,β-unsaturated/α-hetero) is 1. The minimum absolute atomic E-state index is 0.0902. The van der Waals surface area contributed by atoms with Crippen molar-refractivity contribution in [3.8, 4) is 22.6 Å². The maximum atomic E-state index is 12.3. The number of unbranched alkanes of at least 4 members (excludes halogenated alkanes) is 1. The fraction of sp³-hybridized carbons (Fsp3) is 0.304. The highest BCUT2D eigenvalue weighted by Gasteiger charge is 2.46. The predicted molar refractivity (Wildman–Crippen MR) is 103 cm³/mol. The zero-order valence-corrected chi connectivity index (χ0v) is 15.0. The first-order valence-electron chi connectivity index (χ1n) is 9.42. The monoisotopic (exact) mass is 345 g/mol. The quantitative estimate of drug-likeness (QED) is 0.538. The maximum Gasteiger partial charge on any atom is 0.199 e. The lowest BCUT2D eigenvalue weighted by Crippen LogP contribution is -2.01. The van der Waals surface area contributed by atoms with E-state index in [4.69, 9.17) is 9.40 Å². The molecule has 1 aliphatic rings. The first kappa shape index (κ1) is 16.8. The van der Waals surface area contributed by atoms with Gasteiger partial charge in [0.1, 0.15) is 11.5 Å². The second-order valence-corrected chi connectivity index (χ2v) is 6.98. The fourth-order valence-corrected chi connectivity index (χ4v) is 3.43. The van der Waals surface area contributed by atoms with Crippen LogP contribution in [0.1, 0.15) is 44.4 Å². The average molecular weight is 345 g/mol. The van der Waals surface area contributed by atoms with E-state index in [-0.39, 0.29) is 11.8 Å². The molecule has 26 heavy (non-hydrogen) atoms. The van der Waals surface area contributed by atoms with E-state index in [2.05, 4.69) is 6.92 Å². The Labute approximate surface area is 154 Å². The molecule has 3 nitrogen and oxygen atoms in total. The van der Waals surface area contributed by atoms with E-state index in [0.29, 0.717) is 18.1 Å². The molecule has 0 unspecified atom stereocenters. The van der Waals surface area contributed by atoms with Crippen LogP contribution in [0.5, 0.6) is 0 Å². The lowest BCUT2D eigenvalue weighted by atomic mass is 10.1. The number of hydrogen-bond donors (Lipinski definition) is 0. The molecule has 132 valence electrons. The van der Waals surface area contributed by atoms with Gasteiger partial charge in [0.05, 0.1) is 0 Å². The molecule has 0 spiro atoms. The molecule has 4 rings (SSSR count). The molecule has 0 saturated heterocycles. The van der Waals surface area contributed by atoms with Gasteiger partial charge in [-0.15, -0.1) is 0 Å². The first-order valence-corrected chi connectivity index (χ1v) is 9.42. The lowest BCUT2D eigenvalue weighted by Gasteiger charge is -2.00. The summed E-state index contributed by atoms with van der Waals surface area (Å²) >= 11 is 0. The summed E-state index contributed by atoms with van der Waals surface area (Å²) in [4.78, 5) is 17.1. The molecule has 1 heterocycles. The normalized spacial score (nSPS) is 18.7. The van der Waals surface area contributed by atoms with Crippen LogP contribution in [0.4, 0.5) is 0 Å². The van der Waals surface area contributed by atoms with Crippen molar-refractivity contribution in [3.05, 3.63) is 66.6 Å². The average Bonchev–Trinajstić information content (AvgIpc) is 3.38. The number of hydrogen-bond acceptors (Lipinski definition) is 3. The Kier molecular flexibility index (Phi) is 4.70. The van der Waals surface area contributed by atoms with Crippen LogP contribution in [0.15, 0.2) is 65.1 Å². The van der Waals surface area contributed by atoms with Crippen molar-refractivity contribution in [2.45, 2.75) is 38.5 Å². The third kappa shape index (κ3) is 3.34. The Morgan fingerprint density at radius 2 is 1.69 bits per heavy atom. The number of oxazole rings is 1. The van der Waals surface area contributed by atoms with Crippen LogP contribution in [-0.4, -0.2) is 10.8 Å². The highest BCUT2D eigenvalue weighted by Crippen LogP contribution is 2.50. The number of ketones is 1. The number of rotatable bonds is 7. The van der Waals surface area contributed by atoms with Crippen LogP contribution >= 0.6 is 0 Å². The third-order valence-corrected chi connectivity index (χ3v) is 5.02. The Morgan fingerprint density at radius 1 is 1.04 bits per heavy atom. The Balaban J connectivity index is 1.66. The minimum atomic E-state index is 0.0902. The van der Waals surface area contributed by atoms with Gasteiger partial charge in [0.25, 0.3) is 0 Å². The second kappa shape index (κ2) is 7.28. The van der Waals surface area contributed by atoms with Gasteiger partial charge >= 0.3 is 0 Å². The zero-order valence-electron chi connectivity index (χ0n) is 15.0. The summed E-state index contributed by atoms with van der Waals surface area (Å²) in [6.45, 7) is 2.12. The molecule has 2 atom stereocenters. The van der Waals surface area contributed by atoms with Gasteiger partial charge in [-0.25, -0.2) is 4.98 Å². The molecule has 1 saturated carbocycles. The summed E-state index contributed by atoms with van der Waals surface area (Å²) in [5, 5.41) is 0. The van der Waals surface area contributed by atoms with Crippen LogP contribution < -0.4 is 0 Å². The van der Waals surface area contributed by atoms with Crippen molar-refractivity contribution < 1.29 is 9.21 Å². The van der Waals surface area contributed by atoms with Gasteiger partial charge in [0.15, 0.2) is 11.7 Å². The summed E-state index contributed by atoms with van der Waals surface area (Å²) in [6.07, 6.45) is 3.57. The molecule has 0 radical (unpaired) electrons. The van der Waals surface area contributed by atoms with E-state index in [1.165, 1.54) is 0 Å². The zero-order chi connectivity index (χ0) is 17.9. The van der Waals surface area contributed by atoms with Crippen LogP contribution in [0.25, 0.3) is 22.6 Å². The standard InChI is InChI=1S/C23H23NO2/c1-2-3-14-20(25)18-15-19(18)23-24-21(16-10-6-4-7-11-16)22(26-23)17-12-8-5-9-13-17/h4-13,18-19H,2-3,14-15H2,1H3/t18-,19-/m0/s1. The van der Waals surface area contributed by atoms with Crippen LogP contribution in [-0.2, 0) is 4.79 Å². The molecule has 1 fully saturated rings. The number of benzene rings is 2. The molecule has 0 aliphatic heterocycles. The van der Waals surface area contributed by atoms with E-state index in [1.54, 1.807) is 0 Å². The maximum absolute atomic E-state index is 12.3. The van der Waals surface area contributed by atoms with Crippen molar-refractivity contribution in [1.29, 1.82) is 0 Å². The van der Waals surface area contributed by atoms with Gasteiger partial charge in [0.2, 0.25) is 0 Å². The van der Waals surface area contributed by atoms with Gasteiger partial charge < -0.3 is 4.42 Å². The SMILES string of the molecule is CCCCC(=O)[C@H]1C[C@@H]1c1nc(-c2ccccc2)c(-c2ccccc2)o1. The number of aromatic nitrogens is 1. The van der Waals surface area contributed by atoms with Crippen LogP contribution in [0, 0.1) is 5.92 Å². The molecule has 0 amide bonds. The topological polar surface area (TPSA) is 43.1 Å². The summed E-state index contributed by atoms with van der Waals surface area (Å²) in [6, 6.07) is 20.2. The van der Waals surface area contributed by atoms with Gasteiger partial charge in [-0.2, -0.15) is 0 Å². The lowest BCUT2D eigenvalue weighted by molar-refractivity contribution is -0.120. The summed E-state index contributed by atoms with van der Waals surface area (Å²) in [5.74, 6) is 2.08. The van der Waals surface area contributed by atoms with Gasteiger partial charge in [0, 0.05) is 29.4 Å². The van der Waals surface area contributed by atoms with Crippen molar-refractivity contribution in [2.24, 2.45) is 5.92 Å². The Hall–Kier alpha value is -2.68. The number of carbonyl (C=O) groups excluding carboxylic acids is 1. The Bertz CT molecular complexity index is 826. The van der Waals surface area contributed by atoms with Crippen LogP contribution in [0.2, 0.25) is 0 Å². The summed E-state index contributed by atoms with van der Waals surface area (Å²) in [7, 11) is 0. The highest BCUT2D eigenvalue weighted by atomic mass is 16.4.